The van der Waals surface area contributed by atoms with E-state index in [1.807, 2.05) is 0 Å². The Morgan fingerprint density at radius 3 is 2.25 bits per heavy atom. The maximum atomic E-state index is 12.0. The van der Waals surface area contributed by atoms with Crippen molar-refractivity contribution >= 4 is 11.9 Å². The predicted molar refractivity (Wildman–Crippen MR) is 76.4 cm³/mol. The van der Waals surface area contributed by atoms with Gasteiger partial charge in [-0.2, -0.15) is 0 Å². The fourth-order valence-corrected chi connectivity index (χ4v) is 3.22. The Morgan fingerprint density at radius 2 is 1.70 bits per heavy atom. The molecule has 1 saturated carbocycles. The lowest BCUT2D eigenvalue weighted by Gasteiger charge is -2.31. The minimum atomic E-state index is -0.703. The highest BCUT2D eigenvalue weighted by Gasteiger charge is 2.26. The zero-order chi connectivity index (χ0) is 14.5. The highest BCUT2D eigenvalue weighted by molar-refractivity contribution is 5.78. The largest absolute Gasteiger partial charge is 0.481 e. The summed E-state index contributed by atoms with van der Waals surface area (Å²) in [6.07, 6.45) is 5.90. The lowest BCUT2D eigenvalue weighted by atomic mass is 9.87. The summed E-state index contributed by atoms with van der Waals surface area (Å²) >= 11 is 0. The minimum Gasteiger partial charge on any atom is -0.481 e. The van der Waals surface area contributed by atoms with E-state index in [1.54, 1.807) is 0 Å². The molecule has 0 unspecified atom stereocenters. The van der Waals surface area contributed by atoms with Crippen molar-refractivity contribution in [2.24, 2.45) is 11.8 Å². The fraction of sp³-hybridized carbons (Fsp3) is 0.867. The van der Waals surface area contributed by atoms with E-state index in [2.05, 4.69) is 17.1 Å². The first-order chi connectivity index (χ1) is 9.54. The molecule has 20 heavy (non-hydrogen) atoms. The molecule has 1 aliphatic carbocycles. The first kappa shape index (κ1) is 15.3. The first-order valence-corrected chi connectivity index (χ1v) is 7.79. The van der Waals surface area contributed by atoms with Gasteiger partial charge in [0, 0.05) is 6.04 Å². The van der Waals surface area contributed by atoms with Gasteiger partial charge >= 0.3 is 5.97 Å². The van der Waals surface area contributed by atoms with Crippen LogP contribution in [0.15, 0.2) is 0 Å². The van der Waals surface area contributed by atoms with Crippen molar-refractivity contribution in [1.29, 1.82) is 0 Å². The van der Waals surface area contributed by atoms with E-state index in [1.165, 1.54) is 12.8 Å². The van der Waals surface area contributed by atoms with Crippen molar-refractivity contribution in [3.8, 4) is 0 Å². The normalized spacial score (nSPS) is 29.1. The molecule has 0 radical (unpaired) electrons. The van der Waals surface area contributed by atoms with Crippen LogP contribution in [-0.4, -0.2) is 47.6 Å². The van der Waals surface area contributed by atoms with Crippen molar-refractivity contribution in [2.45, 2.75) is 51.5 Å². The Hall–Kier alpha value is -1.10. The Balaban J connectivity index is 1.66. The number of carboxylic acids is 1. The summed E-state index contributed by atoms with van der Waals surface area (Å²) in [6.45, 7) is 4.11. The van der Waals surface area contributed by atoms with Gasteiger partial charge in [0.25, 0.3) is 0 Å². The summed E-state index contributed by atoms with van der Waals surface area (Å²) in [7, 11) is 0. The van der Waals surface area contributed by atoms with Gasteiger partial charge in [0.2, 0.25) is 5.91 Å². The zero-order valence-electron chi connectivity index (χ0n) is 12.3. The molecule has 5 heteroatoms. The third-order valence-electron chi connectivity index (χ3n) is 4.68. The van der Waals surface area contributed by atoms with Gasteiger partial charge in [-0.25, -0.2) is 0 Å². The topological polar surface area (TPSA) is 69.6 Å². The Kier molecular flexibility index (Phi) is 5.40. The third kappa shape index (κ3) is 4.47. The minimum absolute atomic E-state index is 0.0957. The molecule has 0 aromatic carbocycles. The second-order valence-electron chi connectivity index (χ2n) is 6.41. The Morgan fingerprint density at radius 1 is 1.10 bits per heavy atom. The number of rotatable bonds is 4. The van der Waals surface area contributed by atoms with Crippen LogP contribution in [0.4, 0.5) is 0 Å². The van der Waals surface area contributed by atoms with Crippen molar-refractivity contribution < 1.29 is 14.7 Å². The second-order valence-corrected chi connectivity index (χ2v) is 6.41. The molecule has 114 valence electrons. The molecule has 0 aromatic rings. The molecule has 2 rings (SSSR count). The SMILES string of the molecule is CC1CCC(NC(=O)CN2CCC(C(=O)O)CC2)CC1. The van der Waals surface area contributed by atoms with E-state index >= 15 is 0 Å². The average molecular weight is 282 g/mol. The molecule has 2 aliphatic rings. The van der Waals surface area contributed by atoms with E-state index in [0.717, 1.165) is 18.8 Å². The number of hydrogen-bond acceptors (Lipinski definition) is 3. The summed E-state index contributed by atoms with van der Waals surface area (Å²) in [4.78, 5) is 25.0. The lowest BCUT2D eigenvalue weighted by molar-refractivity contribution is -0.143. The summed E-state index contributed by atoms with van der Waals surface area (Å²) in [5.41, 5.74) is 0. The van der Waals surface area contributed by atoms with Gasteiger partial charge in [0.15, 0.2) is 0 Å². The van der Waals surface area contributed by atoms with Gasteiger partial charge in [0.05, 0.1) is 12.5 Å². The van der Waals surface area contributed by atoms with Crippen LogP contribution in [0.1, 0.15) is 45.4 Å². The van der Waals surface area contributed by atoms with Gasteiger partial charge in [-0.15, -0.1) is 0 Å². The zero-order valence-corrected chi connectivity index (χ0v) is 12.3. The van der Waals surface area contributed by atoms with Crippen molar-refractivity contribution in [3.63, 3.8) is 0 Å². The molecule has 0 spiro atoms. The third-order valence-corrected chi connectivity index (χ3v) is 4.68. The van der Waals surface area contributed by atoms with Gasteiger partial charge in [-0.1, -0.05) is 6.92 Å². The van der Waals surface area contributed by atoms with Crippen LogP contribution in [0.3, 0.4) is 0 Å². The van der Waals surface area contributed by atoms with Crippen LogP contribution in [0.2, 0.25) is 0 Å². The van der Waals surface area contributed by atoms with Crippen LogP contribution in [0.25, 0.3) is 0 Å². The fourth-order valence-electron chi connectivity index (χ4n) is 3.22. The molecule has 0 bridgehead atoms. The molecular weight excluding hydrogens is 256 g/mol. The number of nitrogens with one attached hydrogen (secondary N) is 1. The van der Waals surface area contributed by atoms with E-state index in [0.29, 0.717) is 38.5 Å². The maximum absolute atomic E-state index is 12.0. The summed E-state index contributed by atoms with van der Waals surface area (Å²) in [5, 5.41) is 12.1. The van der Waals surface area contributed by atoms with Crippen molar-refractivity contribution in [2.75, 3.05) is 19.6 Å². The molecule has 1 heterocycles. The number of amides is 1. The lowest BCUT2D eigenvalue weighted by Crippen LogP contribution is -2.46. The predicted octanol–water partition coefficient (Wildman–Crippen LogP) is 1.48. The highest BCUT2D eigenvalue weighted by Crippen LogP contribution is 2.23. The number of piperidine rings is 1. The smallest absolute Gasteiger partial charge is 0.306 e. The summed E-state index contributed by atoms with van der Waals surface area (Å²) in [5.74, 6) is -0.0453. The van der Waals surface area contributed by atoms with Crippen LogP contribution in [0.5, 0.6) is 0 Å². The molecule has 2 fully saturated rings. The van der Waals surface area contributed by atoms with Crippen LogP contribution >= 0.6 is 0 Å². The summed E-state index contributed by atoms with van der Waals surface area (Å²) < 4.78 is 0. The van der Waals surface area contributed by atoms with Gasteiger partial charge in [-0.3, -0.25) is 14.5 Å². The standard InChI is InChI=1S/C15H26N2O3/c1-11-2-4-13(5-3-11)16-14(18)10-17-8-6-12(7-9-17)15(19)20/h11-13H,2-10H2,1H3,(H,16,18)(H,19,20). The molecule has 0 aromatic heterocycles. The van der Waals surface area contributed by atoms with Crippen LogP contribution in [0, 0.1) is 11.8 Å². The van der Waals surface area contributed by atoms with E-state index in [4.69, 9.17) is 5.11 Å². The second kappa shape index (κ2) is 7.07. The number of carboxylic acid groups (broad SMARTS) is 1. The monoisotopic (exact) mass is 282 g/mol. The Bertz CT molecular complexity index is 343. The molecule has 2 N–H and O–H groups in total. The molecule has 5 nitrogen and oxygen atoms in total. The van der Waals surface area contributed by atoms with Crippen molar-refractivity contribution in [1.82, 2.24) is 10.2 Å². The number of likely N-dealkylation sites (tertiary alicyclic amines) is 1. The van der Waals surface area contributed by atoms with E-state index in [9.17, 15) is 9.59 Å². The van der Waals surface area contributed by atoms with Gasteiger partial charge in [-0.05, 0) is 57.5 Å². The molecule has 1 amide bonds. The molecular formula is C15H26N2O3. The maximum Gasteiger partial charge on any atom is 0.306 e. The number of hydrogen-bond donors (Lipinski definition) is 2. The van der Waals surface area contributed by atoms with Gasteiger partial charge < -0.3 is 10.4 Å². The number of carbonyl (C=O) groups is 2. The highest BCUT2D eigenvalue weighted by atomic mass is 16.4. The van der Waals surface area contributed by atoms with E-state index in [-0.39, 0.29) is 11.8 Å². The van der Waals surface area contributed by atoms with Gasteiger partial charge in [0.1, 0.15) is 0 Å². The quantitative estimate of drug-likeness (QED) is 0.819. The molecule has 1 saturated heterocycles. The first-order valence-electron chi connectivity index (χ1n) is 7.79. The Labute approximate surface area is 120 Å². The van der Waals surface area contributed by atoms with Crippen LogP contribution < -0.4 is 5.32 Å². The number of nitrogens with zero attached hydrogens (tertiary/aromatic N) is 1. The van der Waals surface area contributed by atoms with E-state index < -0.39 is 5.97 Å². The average Bonchev–Trinajstić information content (AvgIpc) is 2.42. The molecule has 0 atom stereocenters. The number of aliphatic carboxylic acids is 1. The summed E-state index contributed by atoms with van der Waals surface area (Å²) in [6, 6.07) is 0.343. The van der Waals surface area contributed by atoms with Crippen molar-refractivity contribution in [3.05, 3.63) is 0 Å². The van der Waals surface area contributed by atoms with Crippen LogP contribution in [-0.2, 0) is 9.59 Å². The number of carbonyl (C=O) groups excluding carboxylic acids is 1. The molecule has 1 aliphatic heterocycles.